The van der Waals surface area contributed by atoms with Gasteiger partial charge in [-0.1, -0.05) is 13.3 Å². The minimum atomic E-state index is -1.05. The summed E-state index contributed by atoms with van der Waals surface area (Å²) in [6.07, 6.45) is -3.86. The summed E-state index contributed by atoms with van der Waals surface area (Å²) in [5, 5.41) is 0. The molecule has 2 rings (SSSR count). The van der Waals surface area contributed by atoms with Crippen molar-refractivity contribution in [3.05, 3.63) is 6.10 Å². The molecule has 28 heavy (non-hydrogen) atoms. The maximum absolute atomic E-state index is 12.0. The molecule has 1 amide bonds. The van der Waals surface area contributed by atoms with Crippen molar-refractivity contribution in [2.45, 2.75) is 64.1 Å². The Morgan fingerprint density at radius 3 is 2.36 bits per heavy atom. The fraction of sp³-hybridized carbons (Fsp3) is 0.706. The summed E-state index contributed by atoms with van der Waals surface area (Å²) in [5.41, 5.74) is 0. The van der Waals surface area contributed by atoms with E-state index in [0.29, 0.717) is 6.42 Å². The minimum absolute atomic E-state index is 0. The summed E-state index contributed by atoms with van der Waals surface area (Å²) in [7, 11) is 2.72. The van der Waals surface area contributed by atoms with Crippen LogP contribution in [0, 0.1) is 6.10 Å². The zero-order chi connectivity index (χ0) is 20.3. The van der Waals surface area contributed by atoms with Gasteiger partial charge in [0.05, 0.1) is 19.3 Å². The summed E-state index contributed by atoms with van der Waals surface area (Å²) in [4.78, 5) is 48.5. The number of nitrogens with zero attached hydrogens (tertiary/aromatic N) is 1. The third-order valence-corrected chi connectivity index (χ3v) is 4.49. The standard InChI is InChI=1S/C17H24NO9.Y/c1-6-10(24-8(2)19)14(25-9(3)20)15-13-11(27-17(22)18(13)4)7-12(26-15)16(21)23-5;/h10-11,13-15H,6-7H2,1-5H3;/q-1;/t10-,11-,13-,14-,15?;/m1./s1. The van der Waals surface area contributed by atoms with Crippen LogP contribution in [0.3, 0.4) is 0 Å². The molecule has 2 aliphatic rings. The quantitative estimate of drug-likeness (QED) is 0.309. The van der Waals surface area contributed by atoms with E-state index in [0.717, 1.165) is 0 Å². The Bertz CT molecular complexity index is 613. The molecule has 2 aliphatic heterocycles. The van der Waals surface area contributed by atoms with Gasteiger partial charge >= 0.3 is 18.0 Å². The molecule has 0 saturated carbocycles. The number of carbonyl (C=O) groups is 4. The molecule has 2 saturated heterocycles. The third-order valence-electron chi connectivity index (χ3n) is 4.49. The maximum Gasteiger partial charge on any atom is 0.410 e. The molecule has 0 aromatic carbocycles. The van der Waals surface area contributed by atoms with E-state index in [1.54, 1.807) is 6.92 Å². The van der Waals surface area contributed by atoms with Crippen LogP contribution in [0.1, 0.15) is 33.6 Å². The van der Waals surface area contributed by atoms with Crippen molar-refractivity contribution in [2.75, 3.05) is 14.2 Å². The van der Waals surface area contributed by atoms with Gasteiger partial charge in [0.25, 0.3) is 0 Å². The van der Waals surface area contributed by atoms with E-state index in [9.17, 15) is 19.2 Å². The molecule has 155 valence electrons. The molecule has 2 heterocycles. The largest absolute Gasteiger partial charge is 0.513 e. The van der Waals surface area contributed by atoms with Gasteiger partial charge < -0.3 is 28.6 Å². The summed E-state index contributed by atoms with van der Waals surface area (Å²) in [6, 6.07) is -0.639. The van der Waals surface area contributed by atoms with Crippen molar-refractivity contribution in [1.82, 2.24) is 4.90 Å². The molecule has 0 aliphatic carbocycles. The monoisotopic (exact) mass is 475 g/mol. The van der Waals surface area contributed by atoms with Gasteiger partial charge in [-0.25, -0.2) is 4.79 Å². The van der Waals surface area contributed by atoms with Crippen molar-refractivity contribution in [3.8, 4) is 0 Å². The van der Waals surface area contributed by atoms with E-state index in [-0.39, 0.29) is 45.2 Å². The molecule has 0 aromatic rings. The van der Waals surface area contributed by atoms with Crippen molar-refractivity contribution in [3.63, 3.8) is 0 Å². The van der Waals surface area contributed by atoms with Crippen LogP contribution in [0.25, 0.3) is 0 Å². The molecular formula is C17H24NO9Y-. The van der Waals surface area contributed by atoms with Crippen molar-refractivity contribution >= 4 is 24.0 Å². The van der Waals surface area contributed by atoms with E-state index in [2.05, 4.69) is 0 Å². The Kier molecular flexibility index (Phi) is 9.16. The fourth-order valence-electron chi connectivity index (χ4n) is 3.36. The number of rotatable bonds is 6. The number of likely N-dealkylation sites (N-methyl/N-ethyl adjacent to an activating group) is 1. The number of hydrogen-bond acceptors (Lipinski definition) is 9. The van der Waals surface area contributed by atoms with Crippen molar-refractivity contribution in [1.29, 1.82) is 0 Å². The molecule has 0 bridgehead atoms. The normalized spacial score (nSPS) is 25.6. The number of ether oxygens (including phenoxy) is 5. The average molecular weight is 475 g/mol. The second kappa shape index (κ2) is 10.4. The number of carbonyl (C=O) groups excluding carboxylic acids is 4. The van der Waals surface area contributed by atoms with Crippen LogP contribution in [0.15, 0.2) is 0 Å². The molecule has 0 aromatic heterocycles. The van der Waals surface area contributed by atoms with Crippen LogP contribution in [0.5, 0.6) is 0 Å². The van der Waals surface area contributed by atoms with Gasteiger partial charge in [-0.3, -0.25) is 14.4 Å². The summed E-state index contributed by atoms with van der Waals surface area (Å²) in [5.74, 6) is -1.90. The van der Waals surface area contributed by atoms with E-state index in [4.69, 9.17) is 23.7 Å². The Morgan fingerprint density at radius 1 is 1.25 bits per heavy atom. The van der Waals surface area contributed by atoms with Gasteiger partial charge in [-0.2, -0.15) is 6.10 Å². The van der Waals surface area contributed by atoms with E-state index in [1.165, 1.54) is 32.9 Å². The molecule has 1 radical (unpaired) electrons. The third kappa shape index (κ3) is 5.36. The fourth-order valence-corrected chi connectivity index (χ4v) is 3.36. The van der Waals surface area contributed by atoms with E-state index >= 15 is 0 Å². The van der Waals surface area contributed by atoms with Gasteiger partial charge in [0, 0.05) is 53.6 Å². The van der Waals surface area contributed by atoms with Crippen LogP contribution >= 0.6 is 0 Å². The van der Waals surface area contributed by atoms with Gasteiger partial charge in [-0.15, -0.1) is 0 Å². The molecule has 5 atom stereocenters. The number of hydrogen-bond donors (Lipinski definition) is 0. The molecule has 2 fully saturated rings. The van der Waals surface area contributed by atoms with E-state index in [1.807, 2.05) is 0 Å². The zero-order valence-corrected chi connectivity index (χ0v) is 19.3. The first kappa shape index (κ1) is 24.7. The SMILES string of the molecule is CC[C@@H](OC(C)=O)[C@@H](OC(C)=O)C1O[C-](C(=O)OC)C[C@H]2OC(=O)N(C)[C@@H]12.[Y]. The first-order chi connectivity index (χ1) is 12.7. The topological polar surface area (TPSA) is 118 Å². The van der Waals surface area contributed by atoms with Gasteiger partial charge in [-0.05, 0) is 6.42 Å². The molecule has 10 nitrogen and oxygen atoms in total. The Balaban J connectivity index is 0.00000392. The molecule has 0 spiro atoms. The Hall–Kier alpha value is -1.39. The molecule has 1 unspecified atom stereocenters. The van der Waals surface area contributed by atoms with Crippen molar-refractivity contribution < 1.29 is 75.6 Å². The molecule has 0 N–H and O–H groups in total. The second-order valence-electron chi connectivity index (χ2n) is 6.36. The number of fused-ring (bicyclic) bond motifs is 1. The van der Waals surface area contributed by atoms with Crippen LogP contribution < -0.4 is 0 Å². The van der Waals surface area contributed by atoms with Crippen molar-refractivity contribution in [2.24, 2.45) is 0 Å². The number of esters is 3. The van der Waals surface area contributed by atoms with Gasteiger partial charge in [0.15, 0.2) is 12.1 Å². The Morgan fingerprint density at radius 2 is 1.86 bits per heavy atom. The van der Waals surface area contributed by atoms with Gasteiger partial charge in [0.1, 0.15) is 12.2 Å². The summed E-state index contributed by atoms with van der Waals surface area (Å²) >= 11 is 0. The van der Waals surface area contributed by atoms with Crippen LogP contribution in [0.4, 0.5) is 4.79 Å². The predicted octanol–water partition coefficient (Wildman–Crippen LogP) is 0.570. The van der Waals surface area contributed by atoms with Crippen LogP contribution in [0.2, 0.25) is 0 Å². The van der Waals surface area contributed by atoms with Crippen LogP contribution in [-0.2, 0) is 70.8 Å². The summed E-state index contributed by atoms with van der Waals surface area (Å²) in [6.45, 7) is 4.19. The second-order valence-corrected chi connectivity index (χ2v) is 6.36. The number of amides is 1. The molecular weight excluding hydrogens is 451 g/mol. The predicted molar refractivity (Wildman–Crippen MR) is 88.0 cm³/mol. The average Bonchev–Trinajstić information content (AvgIpc) is 2.90. The summed E-state index contributed by atoms with van der Waals surface area (Å²) < 4.78 is 26.5. The van der Waals surface area contributed by atoms with Crippen LogP contribution in [-0.4, -0.2) is 73.5 Å². The first-order valence-electron chi connectivity index (χ1n) is 8.58. The first-order valence-corrected chi connectivity index (χ1v) is 8.58. The van der Waals surface area contributed by atoms with E-state index < -0.39 is 54.5 Å². The smallest absolute Gasteiger partial charge is 0.410 e. The molecule has 11 heteroatoms. The Labute approximate surface area is 188 Å². The maximum atomic E-state index is 12.0. The van der Waals surface area contributed by atoms with Gasteiger partial charge in [0.2, 0.25) is 0 Å². The zero-order valence-electron chi connectivity index (χ0n) is 16.5. The number of methoxy groups -OCH3 is 1. The minimum Gasteiger partial charge on any atom is -0.513 e.